The molecule has 0 radical (unpaired) electrons. The topological polar surface area (TPSA) is 58.2 Å². The summed E-state index contributed by atoms with van der Waals surface area (Å²) in [6.07, 6.45) is 0. The van der Waals surface area contributed by atoms with Crippen LogP contribution < -0.4 is 10.0 Å². The molecule has 1 aromatic heterocycles. The fraction of sp³-hybridized carbons (Fsp3) is 0.333. The van der Waals surface area contributed by atoms with Crippen LogP contribution in [0.5, 0.6) is 0 Å². The molecule has 2 rings (SSSR count). The third-order valence-electron chi connectivity index (χ3n) is 3.16. The van der Waals surface area contributed by atoms with Crippen LogP contribution in [0, 0.1) is 0 Å². The van der Waals surface area contributed by atoms with E-state index in [-0.39, 0.29) is 6.04 Å². The van der Waals surface area contributed by atoms with E-state index in [0.29, 0.717) is 11.4 Å². The van der Waals surface area contributed by atoms with Crippen LogP contribution >= 0.6 is 11.3 Å². The zero-order valence-electron chi connectivity index (χ0n) is 12.2. The number of sulfonamides is 1. The normalized spacial score (nSPS) is 13.2. The molecule has 0 bridgehead atoms. The first kappa shape index (κ1) is 16.2. The molecule has 0 aliphatic carbocycles. The molecule has 0 saturated heterocycles. The van der Waals surface area contributed by atoms with Crippen molar-refractivity contribution >= 4 is 21.4 Å². The number of benzene rings is 1. The van der Waals surface area contributed by atoms with Crippen LogP contribution in [-0.4, -0.2) is 15.0 Å². The van der Waals surface area contributed by atoms with E-state index < -0.39 is 10.0 Å². The van der Waals surface area contributed by atoms with Crippen molar-refractivity contribution in [2.75, 3.05) is 6.54 Å². The fourth-order valence-corrected chi connectivity index (χ4v) is 4.04. The SMILES string of the molecule is CCNCc1cccc(S(=O)(=O)NC(C)c2ccsc2)c1. The second kappa shape index (κ2) is 7.17. The van der Waals surface area contributed by atoms with Crippen LogP contribution in [0.15, 0.2) is 46.0 Å². The summed E-state index contributed by atoms with van der Waals surface area (Å²) in [7, 11) is -3.51. The van der Waals surface area contributed by atoms with E-state index in [0.717, 1.165) is 17.7 Å². The van der Waals surface area contributed by atoms with E-state index in [2.05, 4.69) is 10.0 Å². The van der Waals surface area contributed by atoms with Crippen LogP contribution in [0.1, 0.15) is 31.0 Å². The van der Waals surface area contributed by atoms with Gasteiger partial charge in [0.25, 0.3) is 0 Å². The summed E-state index contributed by atoms with van der Waals surface area (Å²) in [4.78, 5) is 0.306. The first-order valence-electron chi connectivity index (χ1n) is 6.87. The Morgan fingerprint density at radius 2 is 2.10 bits per heavy atom. The van der Waals surface area contributed by atoms with Crippen molar-refractivity contribution in [2.45, 2.75) is 31.3 Å². The predicted molar refractivity (Wildman–Crippen MR) is 86.9 cm³/mol. The van der Waals surface area contributed by atoms with Gasteiger partial charge in [-0.3, -0.25) is 0 Å². The molecule has 1 aromatic carbocycles. The average molecular weight is 324 g/mol. The molecule has 0 amide bonds. The van der Waals surface area contributed by atoms with Crippen molar-refractivity contribution in [1.29, 1.82) is 0 Å². The van der Waals surface area contributed by atoms with Gasteiger partial charge in [-0.05, 0) is 53.6 Å². The fourth-order valence-electron chi connectivity index (χ4n) is 1.98. The number of hydrogen-bond acceptors (Lipinski definition) is 4. The summed E-state index contributed by atoms with van der Waals surface area (Å²) in [5, 5.41) is 7.09. The quantitative estimate of drug-likeness (QED) is 0.823. The maximum atomic E-state index is 12.4. The van der Waals surface area contributed by atoms with Gasteiger partial charge in [-0.2, -0.15) is 11.3 Å². The average Bonchev–Trinajstić information content (AvgIpc) is 2.99. The molecule has 1 heterocycles. The maximum absolute atomic E-state index is 12.4. The molecule has 0 saturated carbocycles. The van der Waals surface area contributed by atoms with Crippen LogP contribution in [0.3, 0.4) is 0 Å². The second-order valence-electron chi connectivity index (χ2n) is 4.83. The molecule has 21 heavy (non-hydrogen) atoms. The Balaban J connectivity index is 2.15. The van der Waals surface area contributed by atoms with E-state index >= 15 is 0 Å². The second-order valence-corrected chi connectivity index (χ2v) is 7.32. The van der Waals surface area contributed by atoms with E-state index in [4.69, 9.17) is 0 Å². The van der Waals surface area contributed by atoms with Crippen molar-refractivity contribution in [3.8, 4) is 0 Å². The van der Waals surface area contributed by atoms with Crippen molar-refractivity contribution < 1.29 is 8.42 Å². The lowest BCUT2D eigenvalue weighted by molar-refractivity contribution is 0.567. The highest BCUT2D eigenvalue weighted by Gasteiger charge is 2.18. The summed E-state index contributed by atoms with van der Waals surface area (Å²) in [5.74, 6) is 0. The Morgan fingerprint density at radius 1 is 1.29 bits per heavy atom. The highest BCUT2D eigenvalue weighted by Crippen LogP contribution is 2.19. The van der Waals surface area contributed by atoms with Gasteiger partial charge in [0, 0.05) is 12.6 Å². The lowest BCUT2D eigenvalue weighted by Gasteiger charge is -2.14. The minimum absolute atomic E-state index is 0.237. The molecule has 0 fully saturated rings. The Hall–Kier alpha value is -1.21. The first-order chi connectivity index (χ1) is 10.0. The molecular weight excluding hydrogens is 304 g/mol. The molecule has 0 aliphatic heterocycles. The van der Waals surface area contributed by atoms with Crippen molar-refractivity contribution in [2.24, 2.45) is 0 Å². The molecule has 0 spiro atoms. The highest BCUT2D eigenvalue weighted by molar-refractivity contribution is 7.89. The van der Waals surface area contributed by atoms with E-state index in [1.54, 1.807) is 29.5 Å². The third-order valence-corrected chi connectivity index (χ3v) is 5.40. The van der Waals surface area contributed by atoms with Gasteiger partial charge >= 0.3 is 0 Å². The number of thiophene rings is 1. The molecule has 114 valence electrons. The first-order valence-corrected chi connectivity index (χ1v) is 9.29. The summed E-state index contributed by atoms with van der Waals surface area (Å²) >= 11 is 1.56. The number of hydrogen-bond donors (Lipinski definition) is 2. The van der Waals surface area contributed by atoms with Crippen LogP contribution in [0.4, 0.5) is 0 Å². The van der Waals surface area contributed by atoms with Gasteiger partial charge in [0.2, 0.25) is 10.0 Å². The predicted octanol–water partition coefficient (Wildman–Crippen LogP) is 2.90. The molecular formula is C15H20N2O2S2. The van der Waals surface area contributed by atoms with Crippen molar-refractivity contribution in [1.82, 2.24) is 10.0 Å². The molecule has 2 aromatic rings. The Kier molecular flexibility index (Phi) is 5.52. The Labute approximate surface area is 130 Å². The molecule has 0 aliphatic rings. The third kappa shape index (κ3) is 4.38. The van der Waals surface area contributed by atoms with Crippen LogP contribution in [0.25, 0.3) is 0 Å². The van der Waals surface area contributed by atoms with Gasteiger partial charge in [-0.25, -0.2) is 13.1 Å². The molecule has 6 heteroatoms. The number of rotatable bonds is 7. The van der Waals surface area contributed by atoms with Gasteiger partial charge in [0.1, 0.15) is 0 Å². The Morgan fingerprint density at radius 3 is 2.76 bits per heavy atom. The summed E-state index contributed by atoms with van der Waals surface area (Å²) < 4.78 is 27.6. The maximum Gasteiger partial charge on any atom is 0.241 e. The van der Waals surface area contributed by atoms with Gasteiger partial charge in [0.05, 0.1) is 4.90 Å². The summed E-state index contributed by atoms with van der Waals surface area (Å²) in [6, 6.07) is 8.72. The van der Waals surface area contributed by atoms with Gasteiger partial charge in [-0.15, -0.1) is 0 Å². The van der Waals surface area contributed by atoms with Crippen molar-refractivity contribution in [3.05, 3.63) is 52.2 Å². The standard InChI is InChI=1S/C15H20N2O2S2/c1-3-16-10-13-5-4-6-15(9-13)21(18,19)17-12(2)14-7-8-20-11-14/h4-9,11-12,16-17H,3,10H2,1-2H3. The molecule has 1 atom stereocenters. The minimum Gasteiger partial charge on any atom is -0.313 e. The number of nitrogens with one attached hydrogen (secondary N) is 2. The largest absolute Gasteiger partial charge is 0.313 e. The zero-order chi connectivity index (χ0) is 15.3. The lowest BCUT2D eigenvalue weighted by Crippen LogP contribution is -2.26. The molecule has 4 nitrogen and oxygen atoms in total. The smallest absolute Gasteiger partial charge is 0.241 e. The highest BCUT2D eigenvalue weighted by atomic mass is 32.2. The molecule has 2 N–H and O–H groups in total. The van der Waals surface area contributed by atoms with Gasteiger partial charge < -0.3 is 5.32 Å². The summed E-state index contributed by atoms with van der Waals surface area (Å²) in [5.41, 5.74) is 1.94. The van der Waals surface area contributed by atoms with Gasteiger partial charge in [0.15, 0.2) is 0 Å². The van der Waals surface area contributed by atoms with E-state index in [9.17, 15) is 8.42 Å². The van der Waals surface area contributed by atoms with Crippen molar-refractivity contribution in [3.63, 3.8) is 0 Å². The van der Waals surface area contributed by atoms with E-state index in [1.165, 1.54) is 0 Å². The van der Waals surface area contributed by atoms with E-state index in [1.807, 2.05) is 36.7 Å². The summed E-state index contributed by atoms with van der Waals surface area (Å²) in [6.45, 7) is 5.39. The monoisotopic (exact) mass is 324 g/mol. The zero-order valence-corrected chi connectivity index (χ0v) is 13.8. The van der Waals surface area contributed by atoms with Crippen LogP contribution in [0.2, 0.25) is 0 Å². The Bertz CT molecular complexity index is 667. The minimum atomic E-state index is -3.51. The lowest BCUT2D eigenvalue weighted by atomic mass is 10.2. The van der Waals surface area contributed by atoms with Crippen LogP contribution in [-0.2, 0) is 16.6 Å². The molecule has 1 unspecified atom stereocenters. The van der Waals surface area contributed by atoms with Gasteiger partial charge in [-0.1, -0.05) is 19.1 Å².